The number of carbonyl (C=O) groups excluding carboxylic acids is 4. The van der Waals surface area contributed by atoms with Crippen molar-refractivity contribution in [1.29, 1.82) is 0 Å². The lowest BCUT2D eigenvalue weighted by molar-refractivity contribution is 0.0928. The van der Waals surface area contributed by atoms with E-state index in [9.17, 15) is 19.2 Å². The fourth-order valence-corrected chi connectivity index (χ4v) is 4.02. The highest BCUT2D eigenvalue weighted by Crippen LogP contribution is 2.22. The van der Waals surface area contributed by atoms with Gasteiger partial charge >= 0.3 is 0 Å². The molecule has 0 radical (unpaired) electrons. The average molecular weight is 503 g/mol. The smallest absolute Gasteiger partial charge is 0.269 e. The molecular formula is C30H22N4O4. The number of amides is 2. The van der Waals surface area contributed by atoms with Crippen molar-refractivity contribution in [2.45, 2.75) is 0 Å². The summed E-state index contributed by atoms with van der Waals surface area (Å²) in [7, 11) is 0. The van der Waals surface area contributed by atoms with Gasteiger partial charge in [0.25, 0.3) is 11.8 Å². The summed E-state index contributed by atoms with van der Waals surface area (Å²) in [6.07, 6.45) is 9.90. The zero-order valence-electron chi connectivity index (χ0n) is 20.0. The third-order valence-electron chi connectivity index (χ3n) is 6.06. The van der Waals surface area contributed by atoms with E-state index in [1.807, 2.05) is 36.4 Å². The highest BCUT2D eigenvalue weighted by molar-refractivity contribution is 6.15. The highest BCUT2D eigenvalue weighted by atomic mass is 16.2. The molecule has 2 amide bonds. The lowest BCUT2D eigenvalue weighted by Gasteiger charge is -2.12. The van der Waals surface area contributed by atoms with Crippen LogP contribution in [-0.2, 0) is 0 Å². The largest absolute Gasteiger partial charge is 0.305 e. The number of fused-ring (bicyclic) bond motifs is 2. The first-order valence-electron chi connectivity index (χ1n) is 11.8. The third-order valence-corrected chi connectivity index (χ3v) is 6.06. The molecule has 0 saturated carbocycles. The van der Waals surface area contributed by atoms with Gasteiger partial charge in [0.1, 0.15) is 0 Å². The molecule has 5 rings (SSSR count). The molecule has 3 aromatic carbocycles. The van der Waals surface area contributed by atoms with Gasteiger partial charge in [-0.3, -0.25) is 30.0 Å². The number of nitrogens with one attached hydrogen (secondary N) is 4. The van der Waals surface area contributed by atoms with Crippen LogP contribution in [0.1, 0.15) is 52.6 Å². The van der Waals surface area contributed by atoms with Crippen LogP contribution in [-0.4, -0.2) is 23.4 Å². The van der Waals surface area contributed by atoms with Gasteiger partial charge in [-0.15, -0.1) is 0 Å². The van der Waals surface area contributed by atoms with Crippen LogP contribution in [0, 0.1) is 0 Å². The molecule has 3 aromatic rings. The van der Waals surface area contributed by atoms with Gasteiger partial charge in [0.2, 0.25) is 0 Å². The quantitative estimate of drug-likeness (QED) is 0.302. The van der Waals surface area contributed by atoms with Crippen molar-refractivity contribution in [2.75, 3.05) is 0 Å². The van der Waals surface area contributed by atoms with Crippen molar-refractivity contribution in [3.8, 4) is 0 Å². The Kier molecular flexibility index (Phi) is 6.77. The lowest BCUT2D eigenvalue weighted by Crippen LogP contribution is -2.35. The van der Waals surface area contributed by atoms with Crippen LogP contribution in [0.25, 0.3) is 12.2 Å². The van der Waals surface area contributed by atoms with E-state index in [1.54, 1.807) is 36.4 Å². The molecule has 38 heavy (non-hydrogen) atoms. The van der Waals surface area contributed by atoms with Gasteiger partial charge < -0.3 is 10.9 Å². The molecule has 0 aliphatic heterocycles. The Labute approximate surface area is 218 Å². The van der Waals surface area contributed by atoms with E-state index in [2.05, 4.69) is 21.7 Å². The first-order chi connectivity index (χ1) is 18.5. The van der Waals surface area contributed by atoms with Gasteiger partial charge in [0, 0.05) is 45.8 Å². The average Bonchev–Trinajstić information content (AvgIpc) is 2.95. The Morgan fingerprint density at radius 1 is 0.526 bits per heavy atom. The van der Waals surface area contributed by atoms with Crippen molar-refractivity contribution in [3.63, 3.8) is 0 Å². The van der Waals surface area contributed by atoms with Gasteiger partial charge in [0.15, 0.2) is 11.6 Å². The number of rotatable bonds is 6. The predicted octanol–water partition coefficient (Wildman–Crippen LogP) is 3.74. The molecule has 2 aliphatic rings. The SMILES string of the molecule is O=C(NNC=C1C=Cc2ccccc2C1=O)c1ccc(C(=O)NNC=C2C=Cc3ccccc3C2=O)cc1. The second kappa shape index (κ2) is 10.6. The topological polar surface area (TPSA) is 116 Å². The van der Waals surface area contributed by atoms with Crippen LogP contribution in [0.4, 0.5) is 0 Å². The van der Waals surface area contributed by atoms with E-state index in [-0.39, 0.29) is 11.6 Å². The molecule has 8 nitrogen and oxygen atoms in total. The summed E-state index contributed by atoms with van der Waals surface area (Å²) in [5, 5.41) is 0. The summed E-state index contributed by atoms with van der Waals surface area (Å²) in [5.41, 5.74) is 14.7. The Morgan fingerprint density at radius 3 is 1.34 bits per heavy atom. The van der Waals surface area contributed by atoms with E-state index in [4.69, 9.17) is 0 Å². The maximum Gasteiger partial charge on any atom is 0.269 e. The highest BCUT2D eigenvalue weighted by Gasteiger charge is 2.18. The molecule has 4 N–H and O–H groups in total. The van der Waals surface area contributed by atoms with E-state index < -0.39 is 11.8 Å². The number of benzene rings is 3. The standard InChI is InChI=1S/C30H22N4O4/c35-27-23(15-9-19-5-1-3-7-25(19)27)17-31-33-29(37)21-11-13-22(14-12-21)30(38)34-32-18-24-16-10-20-6-2-4-8-26(20)28(24)36/h1-18,31-32H,(H,33,37)(H,34,38). The molecule has 8 heteroatoms. The number of hydrogen-bond donors (Lipinski definition) is 4. The fourth-order valence-electron chi connectivity index (χ4n) is 4.02. The number of Topliss-reactive ketones (excluding diaryl/α,β-unsaturated/α-hetero) is 2. The van der Waals surface area contributed by atoms with Crippen molar-refractivity contribution in [1.82, 2.24) is 21.7 Å². The van der Waals surface area contributed by atoms with Crippen LogP contribution >= 0.6 is 0 Å². The van der Waals surface area contributed by atoms with Crippen molar-refractivity contribution >= 4 is 35.5 Å². The molecule has 186 valence electrons. The number of hydrazine groups is 2. The fraction of sp³-hybridized carbons (Fsp3) is 0. The number of carbonyl (C=O) groups is 4. The number of ketones is 2. The second-order valence-electron chi connectivity index (χ2n) is 8.47. The number of allylic oxidation sites excluding steroid dienone is 4. The summed E-state index contributed by atoms with van der Waals surface area (Å²) in [6.45, 7) is 0. The van der Waals surface area contributed by atoms with Gasteiger partial charge in [0.05, 0.1) is 0 Å². The Bertz CT molecular complexity index is 1460. The first-order valence-corrected chi connectivity index (χ1v) is 11.8. The molecule has 2 aliphatic carbocycles. The Hall–Kier alpha value is -5.50. The summed E-state index contributed by atoms with van der Waals surface area (Å²) in [6, 6.07) is 20.6. The summed E-state index contributed by atoms with van der Waals surface area (Å²) >= 11 is 0. The van der Waals surface area contributed by atoms with Gasteiger partial charge in [-0.25, -0.2) is 0 Å². The van der Waals surface area contributed by atoms with E-state index in [1.165, 1.54) is 36.7 Å². The molecular weight excluding hydrogens is 480 g/mol. The Balaban J connectivity index is 1.13. The predicted molar refractivity (Wildman–Crippen MR) is 143 cm³/mol. The molecule has 0 spiro atoms. The molecule has 0 fully saturated rings. The van der Waals surface area contributed by atoms with E-state index >= 15 is 0 Å². The minimum absolute atomic E-state index is 0.141. The van der Waals surface area contributed by atoms with Crippen molar-refractivity contribution < 1.29 is 19.2 Å². The van der Waals surface area contributed by atoms with E-state index in [0.717, 1.165) is 11.1 Å². The van der Waals surface area contributed by atoms with Crippen molar-refractivity contribution in [3.05, 3.63) is 142 Å². The first kappa shape index (κ1) is 24.2. The summed E-state index contributed by atoms with van der Waals surface area (Å²) < 4.78 is 0. The minimum Gasteiger partial charge on any atom is -0.305 e. The molecule has 0 atom stereocenters. The monoisotopic (exact) mass is 502 g/mol. The summed E-state index contributed by atoms with van der Waals surface area (Å²) in [5.74, 6) is -1.16. The molecule has 0 unspecified atom stereocenters. The van der Waals surface area contributed by atoms with Crippen LogP contribution in [0.15, 0.2) is 108 Å². The maximum atomic E-state index is 12.6. The third kappa shape index (κ3) is 5.05. The summed E-state index contributed by atoms with van der Waals surface area (Å²) in [4.78, 5) is 50.0. The van der Waals surface area contributed by atoms with Crippen LogP contribution < -0.4 is 21.7 Å². The van der Waals surface area contributed by atoms with Crippen LogP contribution in [0.3, 0.4) is 0 Å². The molecule has 0 heterocycles. The molecule has 0 saturated heterocycles. The van der Waals surface area contributed by atoms with Crippen LogP contribution in [0.5, 0.6) is 0 Å². The zero-order chi connectivity index (χ0) is 26.5. The Morgan fingerprint density at radius 2 is 0.921 bits per heavy atom. The van der Waals surface area contributed by atoms with Crippen LogP contribution in [0.2, 0.25) is 0 Å². The lowest BCUT2D eigenvalue weighted by atomic mass is 9.93. The minimum atomic E-state index is -0.438. The van der Waals surface area contributed by atoms with Gasteiger partial charge in [-0.2, -0.15) is 0 Å². The number of hydrogen-bond acceptors (Lipinski definition) is 6. The van der Waals surface area contributed by atoms with Gasteiger partial charge in [-0.05, 0) is 47.5 Å². The maximum absolute atomic E-state index is 12.6. The molecule has 0 aromatic heterocycles. The van der Waals surface area contributed by atoms with Gasteiger partial charge in [-0.1, -0.05) is 60.7 Å². The zero-order valence-corrected chi connectivity index (χ0v) is 20.0. The molecule has 0 bridgehead atoms. The normalized spacial score (nSPS) is 15.6. The second-order valence-corrected chi connectivity index (χ2v) is 8.47. The van der Waals surface area contributed by atoms with E-state index in [0.29, 0.717) is 33.4 Å². The van der Waals surface area contributed by atoms with Crippen molar-refractivity contribution in [2.24, 2.45) is 0 Å².